The molecule has 0 spiro atoms. The minimum Gasteiger partial charge on any atom is -0.493 e. The third-order valence-electron chi connectivity index (χ3n) is 6.81. The van der Waals surface area contributed by atoms with Crippen LogP contribution in [-0.2, 0) is 22.6 Å². The van der Waals surface area contributed by atoms with Gasteiger partial charge in [-0.3, -0.25) is 9.59 Å². The van der Waals surface area contributed by atoms with Crippen molar-refractivity contribution >= 4 is 22.8 Å². The monoisotopic (exact) mass is 543 g/mol. The molecule has 0 aliphatic heterocycles. The maximum absolute atomic E-state index is 14.0. The summed E-state index contributed by atoms with van der Waals surface area (Å²) < 4.78 is 12.4. The number of methoxy groups -OCH3 is 2. The van der Waals surface area contributed by atoms with Crippen molar-refractivity contribution in [3.8, 4) is 11.5 Å². The Hall–Kier alpha value is -4.40. The third kappa shape index (κ3) is 6.97. The third-order valence-corrected chi connectivity index (χ3v) is 6.81. The van der Waals surface area contributed by atoms with Gasteiger partial charge in [-0.1, -0.05) is 67.6 Å². The van der Waals surface area contributed by atoms with E-state index >= 15 is 0 Å². The summed E-state index contributed by atoms with van der Waals surface area (Å²) in [4.78, 5) is 29.4. The Morgan fingerprint density at radius 3 is 2.40 bits per heavy atom. The van der Waals surface area contributed by atoms with Crippen LogP contribution in [0.3, 0.4) is 0 Å². The SMILES string of the molecule is COc1ccc(CCN(C(=O)Cn2nnc3ccccc32)C(C(=O)NCCC(C)C)c2ccccc2)cc1OC. The summed E-state index contributed by atoms with van der Waals surface area (Å²) >= 11 is 0. The second-order valence-corrected chi connectivity index (χ2v) is 10.0. The fraction of sp³-hybridized carbons (Fsp3) is 0.355. The summed E-state index contributed by atoms with van der Waals surface area (Å²) in [6.45, 7) is 5.02. The lowest BCUT2D eigenvalue weighted by atomic mass is 10.0. The fourth-order valence-electron chi connectivity index (χ4n) is 4.63. The second kappa shape index (κ2) is 13.6. The Kier molecular flexibility index (Phi) is 9.72. The van der Waals surface area contributed by atoms with Crippen LogP contribution in [0.25, 0.3) is 11.0 Å². The Balaban J connectivity index is 1.67. The van der Waals surface area contributed by atoms with E-state index in [2.05, 4.69) is 29.5 Å². The van der Waals surface area contributed by atoms with Crippen molar-refractivity contribution in [3.05, 3.63) is 83.9 Å². The maximum Gasteiger partial charge on any atom is 0.247 e. The van der Waals surface area contributed by atoms with Gasteiger partial charge >= 0.3 is 0 Å². The molecule has 0 radical (unpaired) electrons. The summed E-state index contributed by atoms with van der Waals surface area (Å²) in [6, 6.07) is 21.8. The van der Waals surface area contributed by atoms with E-state index < -0.39 is 6.04 Å². The molecule has 210 valence electrons. The van der Waals surface area contributed by atoms with Gasteiger partial charge in [0.1, 0.15) is 18.1 Å². The van der Waals surface area contributed by atoms with E-state index in [-0.39, 0.29) is 18.4 Å². The maximum atomic E-state index is 14.0. The van der Waals surface area contributed by atoms with Crippen LogP contribution in [0.1, 0.15) is 37.4 Å². The highest BCUT2D eigenvalue weighted by Gasteiger charge is 2.31. The average Bonchev–Trinajstić information content (AvgIpc) is 3.37. The molecule has 0 saturated carbocycles. The van der Waals surface area contributed by atoms with E-state index in [1.165, 1.54) is 0 Å². The predicted octanol–water partition coefficient (Wildman–Crippen LogP) is 4.42. The number of fused-ring (bicyclic) bond motifs is 1. The fourth-order valence-corrected chi connectivity index (χ4v) is 4.63. The molecule has 1 heterocycles. The van der Waals surface area contributed by atoms with E-state index in [9.17, 15) is 9.59 Å². The standard InChI is InChI=1S/C31H37N5O4/c1-22(2)16-18-32-31(38)30(24-10-6-5-7-11-24)35(19-17-23-14-15-27(39-3)28(20-23)40-4)29(37)21-36-26-13-9-8-12-25(26)33-34-36/h5-15,20,22,30H,16-19,21H2,1-4H3,(H,32,38). The number of carbonyl (C=O) groups excluding carboxylic acids is 2. The zero-order valence-electron chi connectivity index (χ0n) is 23.5. The number of nitrogens with one attached hydrogen (secondary N) is 1. The molecule has 9 heteroatoms. The van der Waals surface area contributed by atoms with Crippen LogP contribution >= 0.6 is 0 Å². The second-order valence-electron chi connectivity index (χ2n) is 10.0. The largest absolute Gasteiger partial charge is 0.493 e. The molecule has 1 aromatic heterocycles. The van der Waals surface area contributed by atoms with Crippen LogP contribution in [-0.4, -0.2) is 59.0 Å². The average molecular weight is 544 g/mol. The molecule has 1 unspecified atom stereocenters. The molecule has 2 amide bonds. The number of hydrogen-bond donors (Lipinski definition) is 1. The lowest BCUT2D eigenvalue weighted by Gasteiger charge is -2.32. The zero-order chi connectivity index (χ0) is 28.5. The van der Waals surface area contributed by atoms with Gasteiger partial charge < -0.3 is 19.7 Å². The van der Waals surface area contributed by atoms with E-state index in [0.717, 1.165) is 23.1 Å². The molecule has 40 heavy (non-hydrogen) atoms. The number of rotatable bonds is 13. The summed E-state index contributed by atoms with van der Waals surface area (Å²) in [7, 11) is 3.18. The summed E-state index contributed by atoms with van der Waals surface area (Å²) in [6.07, 6.45) is 1.35. The van der Waals surface area contributed by atoms with Crippen LogP contribution in [0.2, 0.25) is 0 Å². The first-order chi connectivity index (χ1) is 19.4. The van der Waals surface area contributed by atoms with Crippen molar-refractivity contribution in [3.63, 3.8) is 0 Å². The first kappa shape index (κ1) is 28.6. The Morgan fingerprint density at radius 2 is 1.68 bits per heavy atom. The van der Waals surface area contributed by atoms with Crippen LogP contribution in [0.5, 0.6) is 11.5 Å². The van der Waals surface area contributed by atoms with E-state index in [0.29, 0.717) is 42.4 Å². The number of carbonyl (C=O) groups is 2. The number of hydrogen-bond acceptors (Lipinski definition) is 6. The normalized spacial score (nSPS) is 11.8. The van der Waals surface area contributed by atoms with Crippen molar-refractivity contribution in [2.75, 3.05) is 27.3 Å². The molecule has 0 aliphatic rings. The smallest absolute Gasteiger partial charge is 0.247 e. The first-order valence-corrected chi connectivity index (χ1v) is 13.5. The van der Waals surface area contributed by atoms with E-state index in [1.54, 1.807) is 23.8 Å². The number of aromatic nitrogens is 3. The highest BCUT2D eigenvalue weighted by atomic mass is 16.5. The quantitative estimate of drug-likeness (QED) is 0.268. The van der Waals surface area contributed by atoms with Gasteiger partial charge in [-0.05, 0) is 54.2 Å². The van der Waals surface area contributed by atoms with Crippen molar-refractivity contribution in [2.24, 2.45) is 5.92 Å². The molecule has 4 rings (SSSR count). The van der Waals surface area contributed by atoms with Gasteiger partial charge in [0.05, 0.1) is 19.7 Å². The molecule has 0 bridgehead atoms. The Morgan fingerprint density at radius 1 is 0.950 bits per heavy atom. The van der Waals surface area contributed by atoms with Crippen LogP contribution in [0.15, 0.2) is 72.8 Å². The molecule has 0 saturated heterocycles. The van der Waals surface area contributed by atoms with Crippen molar-refractivity contribution in [1.82, 2.24) is 25.2 Å². The van der Waals surface area contributed by atoms with Crippen molar-refractivity contribution in [2.45, 2.75) is 39.3 Å². The number of ether oxygens (including phenoxy) is 2. The Labute approximate surface area is 235 Å². The molecule has 1 N–H and O–H groups in total. The highest BCUT2D eigenvalue weighted by Crippen LogP contribution is 2.29. The van der Waals surface area contributed by atoms with E-state index in [1.807, 2.05) is 72.8 Å². The summed E-state index contributed by atoms with van der Waals surface area (Å²) in [5.74, 6) is 1.24. The van der Waals surface area contributed by atoms with Crippen molar-refractivity contribution < 1.29 is 19.1 Å². The summed E-state index contributed by atoms with van der Waals surface area (Å²) in [5.41, 5.74) is 3.16. The molecular formula is C31H37N5O4. The van der Waals surface area contributed by atoms with Crippen LogP contribution < -0.4 is 14.8 Å². The van der Waals surface area contributed by atoms with Gasteiger partial charge in [0.2, 0.25) is 11.8 Å². The molecule has 3 aromatic carbocycles. The predicted molar refractivity (Wildman–Crippen MR) is 154 cm³/mol. The zero-order valence-corrected chi connectivity index (χ0v) is 23.5. The molecule has 4 aromatic rings. The van der Waals surface area contributed by atoms with Gasteiger partial charge in [-0.2, -0.15) is 0 Å². The van der Waals surface area contributed by atoms with Crippen molar-refractivity contribution in [1.29, 1.82) is 0 Å². The van der Waals surface area contributed by atoms with Gasteiger partial charge in [-0.25, -0.2) is 4.68 Å². The molecule has 0 aliphatic carbocycles. The molecular weight excluding hydrogens is 506 g/mol. The molecule has 9 nitrogen and oxygen atoms in total. The van der Waals surface area contributed by atoms with Gasteiger partial charge in [-0.15, -0.1) is 5.10 Å². The van der Waals surface area contributed by atoms with Gasteiger partial charge in [0, 0.05) is 13.1 Å². The minimum atomic E-state index is -0.809. The van der Waals surface area contributed by atoms with Crippen LogP contribution in [0, 0.1) is 5.92 Å². The number of nitrogens with zero attached hydrogens (tertiary/aromatic N) is 4. The minimum absolute atomic E-state index is 0.0466. The number of benzene rings is 3. The van der Waals surface area contributed by atoms with Gasteiger partial charge in [0.15, 0.2) is 11.5 Å². The molecule has 0 fully saturated rings. The van der Waals surface area contributed by atoms with Gasteiger partial charge in [0.25, 0.3) is 0 Å². The first-order valence-electron chi connectivity index (χ1n) is 13.5. The number of para-hydroxylation sites is 1. The topological polar surface area (TPSA) is 98.6 Å². The molecule has 1 atom stereocenters. The number of amides is 2. The van der Waals surface area contributed by atoms with E-state index in [4.69, 9.17) is 9.47 Å². The highest BCUT2D eigenvalue weighted by molar-refractivity contribution is 5.89. The summed E-state index contributed by atoms with van der Waals surface area (Å²) in [5, 5.41) is 11.5. The Bertz CT molecular complexity index is 1420. The van der Waals surface area contributed by atoms with Crippen LogP contribution in [0.4, 0.5) is 0 Å². The lowest BCUT2D eigenvalue weighted by molar-refractivity contribution is -0.141. The lowest BCUT2D eigenvalue weighted by Crippen LogP contribution is -2.46.